The van der Waals surface area contributed by atoms with Gasteiger partial charge in [-0.1, -0.05) is 6.92 Å². The van der Waals surface area contributed by atoms with Crippen molar-refractivity contribution in [2.75, 3.05) is 11.1 Å². The second kappa shape index (κ2) is 5.14. The Hall–Kier alpha value is -1.95. The molecule has 3 N–H and O–H groups in total. The molecule has 2 rings (SSSR count). The highest BCUT2D eigenvalue weighted by atomic mass is 32.1. The smallest absolute Gasteiger partial charge is 0.257 e. The van der Waals surface area contributed by atoms with Crippen molar-refractivity contribution in [3.8, 4) is 0 Å². The van der Waals surface area contributed by atoms with Crippen LogP contribution < -0.4 is 11.1 Å². The van der Waals surface area contributed by atoms with E-state index < -0.39 is 0 Å². The first-order chi connectivity index (χ1) is 8.58. The van der Waals surface area contributed by atoms with Crippen molar-refractivity contribution in [2.45, 2.75) is 20.3 Å². The van der Waals surface area contributed by atoms with Gasteiger partial charge in [0.15, 0.2) is 5.13 Å². The highest BCUT2D eigenvalue weighted by Crippen LogP contribution is 2.16. The predicted molar refractivity (Wildman–Crippen MR) is 72.8 cm³/mol. The van der Waals surface area contributed by atoms with Crippen LogP contribution in [-0.4, -0.2) is 15.9 Å². The molecular weight excluding hydrogens is 248 g/mol. The Labute approximate surface area is 109 Å². The van der Waals surface area contributed by atoms with Crippen LogP contribution >= 0.6 is 11.3 Å². The predicted octanol–water partition coefficient (Wildman–Crippen LogP) is 2.24. The number of anilines is 2. The Kier molecular flexibility index (Phi) is 3.57. The molecule has 5 nitrogen and oxygen atoms in total. The molecule has 0 unspecified atom stereocenters. The standard InChI is InChI=1S/C12H14N4OS/c1-3-9-4-8(5-10(13)15-9)11(17)16-12-14-7(2)6-18-12/h4-6H,3H2,1-2H3,(H2,13,15)(H,14,16,17). The number of amides is 1. The van der Waals surface area contributed by atoms with Gasteiger partial charge in [0.25, 0.3) is 5.91 Å². The first kappa shape index (κ1) is 12.5. The molecule has 0 spiro atoms. The number of nitrogen functional groups attached to an aromatic ring is 1. The fourth-order valence-corrected chi connectivity index (χ4v) is 2.19. The Bertz CT molecular complexity index is 579. The molecule has 0 aliphatic heterocycles. The maximum absolute atomic E-state index is 12.0. The third-order valence-corrected chi connectivity index (χ3v) is 3.24. The average Bonchev–Trinajstić information content (AvgIpc) is 2.73. The van der Waals surface area contributed by atoms with Crippen molar-refractivity contribution >= 4 is 28.2 Å². The third kappa shape index (κ3) is 2.84. The summed E-state index contributed by atoms with van der Waals surface area (Å²) < 4.78 is 0. The van der Waals surface area contributed by atoms with E-state index in [1.54, 1.807) is 12.1 Å². The number of carbonyl (C=O) groups is 1. The summed E-state index contributed by atoms with van der Waals surface area (Å²) in [6.07, 6.45) is 0.738. The number of aromatic nitrogens is 2. The summed E-state index contributed by atoms with van der Waals surface area (Å²) in [5.74, 6) is 0.142. The van der Waals surface area contributed by atoms with E-state index in [1.165, 1.54) is 11.3 Å². The number of thiazole rings is 1. The molecule has 0 atom stereocenters. The molecule has 94 valence electrons. The van der Waals surface area contributed by atoms with Crippen molar-refractivity contribution < 1.29 is 4.79 Å². The number of hydrogen-bond donors (Lipinski definition) is 2. The lowest BCUT2D eigenvalue weighted by Gasteiger charge is -2.05. The molecule has 0 saturated carbocycles. The van der Waals surface area contributed by atoms with Gasteiger partial charge in [0.2, 0.25) is 0 Å². The molecule has 0 saturated heterocycles. The van der Waals surface area contributed by atoms with Gasteiger partial charge in [-0.05, 0) is 25.5 Å². The van der Waals surface area contributed by atoms with Gasteiger partial charge in [-0.25, -0.2) is 9.97 Å². The van der Waals surface area contributed by atoms with E-state index in [4.69, 9.17) is 5.73 Å². The lowest BCUT2D eigenvalue weighted by atomic mass is 10.2. The number of pyridine rings is 1. The minimum absolute atomic E-state index is 0.215. The molecule has 0 aliphatic rings. The monoisotopic (exact) mass is 262 g/mol. The van der Waals surface area contributed by atoms with Crippen LogP contribution in [0.15, 0.2) is 17.5 Å². The number of hydrogen-bond acceptors (Lipinski definition) is 5. The number of aryl methyl sites for hydroxylation is 2. The Balaban J connectivity index is 2.20. The third-order valence-electron chi connectivity index (χ3n) is 2.36. The Morgan fingerprint density at radius 1 is 1.44 bits per heavy atom. The van der Waals surface area contributed by atoms with E-state index in [9.17, 15) is 4.79 Å². The summed E-state index contributed by atoms with van der Waals surface area (Å²) in [5, 5.41) is 5.21. The number of rotatable bonds is 3. The minimum Gasteiger partial charge on any atom is -0.384 e. The molecular formula is C12H14N4OS. The second-order valence-electron chi connectivity index (χ2n) is 3.87. The normalized spacial score (nSPS) is 10.3. The highest BCUT2D eigenvalue weighted by Gasteiger charge is 2.10. The summed E-state index contributed by atoms with van der Waals surface area (Å²) in [7, 11) is 0. The number of carbonyl (C=O) groups excluding carboxylic acids is 1. The molecule has 2 aromatic heterocycles. The topological polar surface area (TPSA) is 80.9 Å². The van der Waals surface area contributed by atoms with E-state index >= 15 is 0 Å². The molecule has 0 radical (unpaired) electrons. The summed E-state index contributed by atoms with van der Waals surface area (Å²) in [5.41, 5.74) is 7.86. The summed E-state index contributed by atoms with van der Waals surface area (Å²) in [6.45, 7) is 3.85. The lowest BCUT2D eigenvalue weighted by molar-refractivity contribution is 0.102. The van der Waals surface area contributed by atoms with Crippen LogP contribution in [0.3, 0.4) is 0 Å². The van der Waals surface area contributed by atoms with Crippen molar-refractivity contribution in [1.29, 1.82) is 0 Å². The largest absolute Gasteiger partial charge is 0.384 e. The van der Waals surface area contributed by atoms with Gasteiger partial charge in [-0.15, -0.1) is 11.3 Å². The van der Waals surface area contributed by atoms with E-state index in [-0.39, 0.29) is 5.91 Å². The quantitative estimate of drug-likeness (QED) is 0.889. The van der Waals surface area contributed by atoms with Crippen molar-refractivity contribution in [3.63, 3.8) is 0 Å². The van der Waals surface area contributed by atoms with Gasteiger partial charge in [0.1, 0.15) is 5.82 Å². The first-order valence-corrected chi connectivity index (χ1v) is 6.46. The minimum atomic E-state index is -0.215. The highest BCUT2D eigenvalue weighted by molar-refractivity contribution is 7.13. The summed E-state index contributed by atoms with van der Waals surface area (Å²) in [6, 6.07) is 3.31. The van der Waals surface area contributed by atoms with Crippen LogP contribution in [0.4, 0.5) is 10.9 Å². The van der Waals surface area contributed by atoms with E-state index in [0.717, 1.165) is 17.8 Å². The molecule has 2 aromatic rings. The zero-order valence-electron chi connectivity index (χ0n) is 10.2. The number of nitrogens with one attached hydrogen (secondary N) is 1. The van der Waals surface area contributed by atoms with Crippen LogP contribution in [0.5, 0.6) is 0 Å². The molecule has 0 aliphatic carbocycles. The van der Waals surface area contributed by atoms with Gasteiger partial charge in [-0.3, -0.25) is 10.1 Å². The Morgan fingerprint density at radius 3 is 2.83 bits per heavy atom. The number of nitrogens with zero attached hydrogens (tertiary/aromatic N) is 2. The fraction of sp³-hybridized carbons (Fsp3) is 0.250. The maximum Gasteiger partial charge on any atom is 0.257 e. The molecule has 18 heavy (non-hydrogen) atoms. The molecule has 0 aromatic carbocycles. The zero-order chi connectivity index (χ0) is 13.1. The van der Waals surface area contributed by atoms with Gasteiger partial charge in [0.05, 0.1) is 5.69 Å². The molecule has 0 bridgehead atoms. The van der Waals surface area contributed by atoms with E-state index in [0.29, 0.717) is 16.5 Å². The summed E-state index contributed by atoms with van der Waals surface area (Å²) in [4.78, 5) is 20.3. The van der Waals surface area contributed by atoms with Gasteiger partial charge >= 0.3 is 0 Å². The zero-order valence-corrected chi connectivity index (χ0v) is 11.0. The average molecular weight is 262 g/mol. The van der Waals surface area contributed by atoms with E-state index in [2.05, 4.69) is 15.3 Å². The van der Waals surface area contributed by atoms with Crippen LogP contribution in [0, 0.1) is 6.92 Å². The molecule has 2 heterocycles. The summed E-state index contributed by atoms with van der Waals surface area (Å²) >= 11 is 1.40. The van der Waals surface area contributed by atoms with Gasteiger partial charge < -0.3 is 5.73 Å². The van der Waals surface area contributed by atoms with Crippen LogP contribution in [0.2, 0.25) is 0 Å². The van der Waals surface area contributed by atoms with Crippen LogP contribution in [0.1, 0.15) is 28.7 Å². The second-order valence-corrected chi connectivity index (χ2v) is 4.73. The number of nitrogens with two attached hydrogens (primary N) is 1. The SMILES string of the molecule is CCc1cc(C(=O)Nc2nc(C)cs2)cc(N)n1. The molecule has 6 heteroatoms. The molecule has 1 amide bonds. The van der Waals surface area contributed by atoms with Crippen molar-refractivity contribution in [1.82, 2.24) is 9.97 Å². The lowest BCUT2D eigenvalue weighted by Crippen LogP contribution is -2.13. The maximum atomic E-state index is 12.0. The van der Waals surface area contributed by atoms with Crippen molar-refractivity contribution in [3.05, 3.63) is 34.5 Å². The van der Waals surface area contributed by atoms with Crippen LogP contribution in [-0.2, 0) is 6.42 Å². The van der Waals surface area contributed by atoms with Crippen molar-refractivity contribution in [2.24, 2.45) is 0 Å². The van der Waals surface area contributed by atoms with Gasteiger partial charge in [0, 0.05) is 16.6 Å². The molecule has 0 fully saturated rings. The Morgan fingerprint density at radius 2 is 2.22 bits per heavy atom. The van der Waals surface area contributed by atoms with E-state index in [1.807, 2.05) is 19.2 Å². The van der Waals surface area contributed by atoms with Gasteiger partial charge in [-0.2, -0.15) is 0 Å². The fourth-order valence-electron chi connectivity index (χ4n) is 1.50. The first-order valence-electron chi connectivity index (χ1n) is 5.58. The van der Waals surface area contributed by atoms with Crippen LogP contribution in [0.25, 0.3) is 0 Å².